The molecule has 4 rings (SSSR count). The molecule has 26 heavy (non-hydrogen) atoms. The first-order valence-corrected chi connectivity index (χ1v) is 9.10. The molecule has 0 atom stereocenters. The first-order valence-electron chi connectivity index (χ1n) is 9.10. The van der Waals surface area contributed by atoms with Gasteiger partial charge in [0.1, 0.15) is 5.82 Å². The first kappa shape index (κ1) is 17.1. The molecule has 2 heterocycles. The summed E-state index contributed by atoms with van der Waals surface area (Å²) in [5.41, 5.74) is 0.685. The van der Waals surface area contributed by atoms with E-state index >= 15 is 0 Å². The first-order chi connectivity index (χ1) is 12.7. The highest BCUT2D eigenvalue weighted by Crippen LogP contribution is 2.29. The van der Waals surface area contributed by atoms with Crippen LogP contribution in [0.3, 0.4) is 0 Å². The number of ether oxygens (including phenoxy) is 1. The SMILES string of the molecule is O=C(Cc1cccc(F)c1)N1CC(c2nc(CCOCC3CC3)no2)C1. The van der Waals surface area contributed by atoms with Gasteiger partial charge >= 0.3 is 0 Å². The number of carbonyl (C=O) groups excluding carboxylic acids is 1. The van der Waals surface area contributed by atoms with E-state index in [1.807, 2.05) is 0 Å². The van der Waals surface area contributed by atoms with Crippen LogP contribution in [-0.2, 0) is 22.4 Å². The van der Waals surface area contributed by atoms with Gasteiger partial charge in [-0.2, -0.15) is 4.98 Å². The third kappa shape index (κ3) is 4.27. The van der Waals surface area contributed by atoms with Crippen molar-refractivity contribution in [3.05, 3.63) is 47.4 Å². The van der Waals surface area contributed by atoms with Crippen LogP contribution in [0.1, 0.15) is 36.0 Å². The second kappa shape index (κ2) is 7.53. The largest absolute Gasteiger partial charge is 0.381 e. The molecule has 1 saturated heterocycles. The Morgan fingerprint density at radius 1 is 1.35 bits per heavy atom. The lowest BCUT2D eigenvalue weighted by Gasteiger charge is -2.37. The third-order valence-electron chi connectivity index (χ3n) is 4.83. The molecule has 0 unspecified atom stereocenters. The van der Waals surface area contributed by atoms with Gasteiger partial charge < -0.3 is 14.2 Å². The second-order valence-corrected chi connectivity index (χ2v) is 7.12. The van der Waals surface area contributed by atoms with Crippen molar-refractivity contribution >= 4 is 5.91 Å². The maximum Gasteiger partial charge on any atom is 0.233 e. The summed E-state index contributed by atoms with van der Waals surface area (Å²) in [7, 11) is 0. The van der Waals surface area contributed by atoms with Crippen molar-refractivity contribution in [2.75, 3.05) is 26.3 Å². The van der Waals surface area contributed by atoms with E-state index in [0.717, 1.165) is 12.5 Å². The third-order valence-corrected chi connectivity index (χ3v) is 4.83. The van der Waals surface area contributed by atoms with Gasteiger partial charge in [-0.3, -0.25) is 4.79 Å². The molecule has 2 fully saturated rings. The lowest BCUT2D eigenvalue weighted by molar-refractivity contribution is -0.135. The zero-order chi connectivity index (χ0) is 17.9. The van der Waals surface area contributed by atoms with Crippen LogP contribution in [0.4, 0.5) is 4.39 Å². The van der Waals surface area contributed by atoms with Crippen molar-refractivity contribution in [2.24, 2.45) is 5.92 Å². The Balaban J connectivity index is 1.20. The van der Waals surface area contributed by atoms with Gasteiger partial charge in [-0.25, -0.2) is 4.39 Å². The average molecular weight is 359 g/mol. The molecule has 0 bridgehead atoms. The number of aromatic nitrogens is 2. The number of likely N-dealkylation sites (tertiary alicyclic amines) is 1. The van der Waals surface area contributed by atoms with Crippen LogP contribution < -0.4 is 0 Å². The van der Waals surface area contributed by atoms with Gasteiger partial charge in [0, 0.05) is 26.1 Å². The van der Waals surface area contributed by atoms with E-state index in [1.54, 1.807) is 17.0 Å². The summed E-state index contributed by atoms with van der Waals surface area (Å²) in [5, 5.41) is 3.99. The predicted molar refractivity (Wildman–Crippen MR) is 91.0 cm³/mol. The summed E-state index contributed by atoms with van der Waals surface area (Å²) in [6.45, 7) is 2.57. The van der Waals surface area contributed by atoms with Gasteiger partial charge in [-0.1, -0.05) is 17.3 Å². The highest BCUT2D eigenvalue weighted by molar-refractivity contribution is 5.79. The molecular weight excluding hydrogens is 337 g/mol. The predicted octanol–water partition coefficient (Wildman–Crippen LogP) is 2.35. The minimum atomic E-state index is -0.323. The fraction of sp³-hybridized carbons (Fsp3) is 0.526. The van der Waals surface area contributed by atoms with E-state index in [9.17, 15) is 9.18 Å². The molecule has 1 amide bonds. The minimum absolute atomic E-state index is 0.0138. The zero-order valence-corrected chi connectivity index (χ0v) is 14.6. The Kier molecular flexibility index (Phi) is 4.97. The lowest BCUT2D eigenvalue weighted by atomic mass is 9.99. The van der Waals surface area contributed by atoms with Crippen LogP contribution in [0.5, 0.6) is 0 Å². The molecule has 1 aliphatic heterocycles. The van der Waals surface area contributed by atoms with Gasteiger partial charge in [0.15, 0.2) is 5.82 Å². The molecule has 0 radical (unpaired) electrons. The molecule has 0 N–H and O–H groups in total. The maximum atomic E-state index is 13.2. The summed E-state index contributed by atoms with van der Waals surface area (Å²) in [5.74, 6) is 1.73. The van der Waals surface area contributed by atoms with Gasteiger partial charge in [0.25, 0.3) is 0 Å². The summed E-state index contributed by atoms with van der Waals surface area (Å²) in [6.07, 6.45) is 3.41. The fourth-order valence-electron chi connectivity index (χ4n) is 3.00. The van der Waals surface area contributed by atoms with Crippen molar-refractivity contribution in [3.8, 4) is 0 Å². The topological polar surface area (TPSA) is 68.5 Å². The van der Waals surface area contributed by atoms with Gasteiger partial charge in [-0.15, -0.1) is 0 Å². The molecule has 1 saturated carbocycles. The van der Waals surface area contributed by atoms with E-state index in [2.05, 4.69) is 10.1 Å². The van der Waals surface area contributed by atoms with E-state index in [1.165, 1.54) is 25.0 Å². The van der Waals surface area contributed by atoms with Crippen molar-refractivity contribution in [1.82, 2.24) is 15.0 Å². The Morgan fingerprint density at radius 2 is 2.19 bits per heavy atom. The van der Waals surface area contributed by atoms with Crippen molar-refractivity contribution in [3.63, 3.8) is 0 Å². The van der Waals surface area contributed by atoms with Crippen molar-refractivity contribution in [1.29, 1.82) is 0 Å². The van der Waals surface area contributed by atoms with Gasteiger partial charge in [0.05, 0.1) is 18.9 Å². The van der Waals surface area contributed by atoms with Crippen LogP contribution in [0.2, 0.25) is 0 Å². The quantitative estimate of drug-likeness (QED) is 0.677. The van der Waals surface area contributed by atoms with E-state index in [-0.39, 0.29) is 24.1 Å². The van der Waals surface area contributed by atoms with Gasteiger partial charge in [-0.05, 0) is 36.5 Å². The number of hydrogen-bond acceptors (Lipinski definition) is 5. The number of halogens is 1. The number of hydrogen-bond donors (Lipinski definition) is 0. The number of benzene rings is 1. The monoisotopic (exact) mass is 359 g/mol. The van der Waals surface area contributed by atoms with Crippen LogP contribution in [0, 0.1) is 11.7 Å². The lowest BCUT2D eigenvalue weighted by Crippen LogP contribution is -2.49. The summed E-state index contributed by atoms with van der Waals surface area (Å²) >= 11 is 0. The van der Waals surface area contributed by atoms with Crippen molar-refractivity contribution < 1.29 is 18.4 Å². The molecule has 1 aromatic heterocycles. The average Bonchev–Trinajstić information content (AvgIpc) is 3.28. The molecule has 138 valence electrons. The zero-order valence-electron chi connectivity index (χ0n) is 14.6. The van der Waals surface area contributed by atoms with E-state index in [0.29, 0.717) is 43.4 Å². The van der Waals surface area contributed by atoms with Crippen LogP contribution in [0.25, 0.3) is 0 Å². The van der Waals surface area contributed by atoms with E-state index < -0.39 is 0 Å². The Hall–Kier alpha value is -2.28. The Labute approximate surface area is 151 Å². The number of carbonyl (C=O) groups is 1. The van der Waals surface area contributed by atoms with Crippen molar-refractivity contribution in [2.45, 2.75) is 31.6 Å². The van der Waals surface area contributed by atoms with Crippen LogP contribution >= 0.6 is 0 Å². The molecular formula is C19H22FN3O3. The molecule has 1 aromatic carbocycles. The second-order valence-electron chi connectivity index (χ2n) is 7.12. The summed E-state index contributed by atoms with van der Waals surface area (Å²) < 4.78 is 24.1. The Morgan fingerprint density at radius 3 is 2.96 bits per heavy atom. The summed E-state index contributed by atoms with van der Waals surface area (Å²) in [4.78, 5) is 18.4. The fourth-order valence-corrected chi connectivity index (χ4v) is 3.00. The normalized spacial score (nSPS) is 17.3. The molecule has 0 spiro atoms. The molecule has 6 nitrogen and oxygen atoms in total. The summed E-state index contributed by atoms with van der Waals surface area (Å²) in [6, 6.07) is 6.14. The number of amides is 1. The standard InChI is InChI=1S/C19H22FN3O3/c20-16-3-1-2-14(8-16)9-18(24)23-10-15(11-23)19-21-17(22-26-19)6-7-25-12-13-4-5-13/h1-3,8,13,15H,4-7,9-12H2. The molecule has 2 aromatic rings. The highest BCUT2D eigenvalue weighted by Gasteiger charge is 2.35. The molecule has 7 heteroatoms. The van der Waals surface area contributed by atoms with Crippen LogP contribution in [-0.4, -0.2) is 47.3 Å². The number of nitrogens with zero attached hydrogens (tertiary/aromatic N) is 3. The molecule has 2 aliphatic rings. The van der Waals surface area contributed by atoms with Gasteiger partial charge in [0.2, 0.25) is 11.8 Å². The van der Waals surface area contributed by atoms with E-state index in [4.69, 9.17) is 9.26 Å². The minimum Gasteiger partial charge on any atom is -0.381 e. The van der Waals surface area contributed by atoms with Crippen LogP contribution in [0.15, 0.2) is 28.8 Å². The highest BCUT2D eigenvalue weighted by atomic mass is 19.1. The maximum absolute atomic E-state index is 13.2. The number of rotatable bonds is 8. The smallest absolute Gasteiger partial charge is 0.233 e. The molecule has 1 aliphatic carbocycles. The Bertz CT molecular complexity index is 769.